The summed E-state index contributed by atoms with van der Waals surface area (Å²) in [6, 6.07) is -1.29. The Morgan fingerprint density at radius 2 is 1.90 bits per heavy atom. The van der Waals surface area contributed by atoms with Crippen molar-refractivity contribution in [2.75, 3.05) is 0 Å². The molecule has 1 unspecified atom stereocenters. The number of carboxylic acids is 2. The largest absolute Gasteiger partial charge is 1.00 e. The molecule has 0 aliphatic rings. The molecule has 0 radical (unpaired) electrons. The number of hydrogen-bond donors (Lipinski definition) is 3. The van der Waals surface area contributed by atoms with Crippen molar-refractivity contribution in [1.82, 2.24) is 0 Å². The molecule has 54 valence electrons. The van der Waals surface area contributed by atoms with Crippen LogP contribution >= 0.6 is 0 Å². The van der Waals surface area contributed by atoms with E-state index in [4.69, 9.17) is 15.9 Å². The number of nitrogens with two attached hydrogens (primary N) is 1. The fourth-order valence-electron chi connectivity index (χ4n) is 0.275. The van der Waals surface area contributed by atoms with Crippen LogP contribution in [0.4, 0.5) is 0 Å². The van der Waals surface area contributed by atoms with E-state index in [-0.39, 0.29) is 52.8 Å². The Hall–Kier alpha value is 0.536. The molecule has 0 aliphatic heterocycles. The second-order valence-corrected chi connectivity index (χ2v) is 1.54. The Labute approximate surface area is 101 Å². The molecular formula is C4H8KNO4. The number of carbonyl (C=O) groups is 2. The molecule has 0 rings (SSSR count). The molecule has 0 saturated carbocycles. The maximum Gasteiger partial charge on any atom is 1.00 e. The quantitative estimate of drug-likeness (QED) is 0.377. The van der Waals surface area contributed by atoms with Crippen molar-refractivity contribution < 1.29 is 72.6 Å². The van der Waals surface area contributed by atoms with Crippen LogP contribution in [0.3, 0.4) is 0 Å². The maximum absolute atomic E-state index is 9.85. The number of rotatable bonds is 3. The van der Waals surface area contributed by atoms with Crippen molar-refractivity contribution in [3.8, 4) is 0 Å². The standard InChI is InChI=1S/C4H7NO4.K.H/c5-2(4(8)9)1-3(6)7;;/h2H,1,5H2,(H,6,7)(H,8,9);;/q;+1;-1. The van der Waals surface area contributed by atoms with Gasteiger partial charge in [0.2, 0.25) is 0 Å². The van der Waals surface area contributed by atoms with Gasteiger partial charge in [0.1, 0.15) is 6.04 Å². The van der Waals surface area contributed by atoms with Gasteiger partial charge in [0.25, 0.3) is 0 Å². The zero-order chi connectivity index (χ0) is 7.44. The number of carboxylic acid groups (broad SMARTS) is 2. The third-order valence-corrected chi connectivity index (χ3v) is 0.712. The van der Waals surface area contributed by atoms with E-state index < -0.39 is 24.4 Å². The zero-order valence-electron chi connectivity index (χ0n) is 6.57. The van der Waals surface area contributed by atoms with Crippen LogP contribution in [-0.2, 0) is 9.59 Å². The van der Waals surface area contributed by atoms with E-state index in [1.807, 2.05) is 0 Å². The predicted octanol–water partition coefficient (Wildman–Crippen LogP) is -4.01. The SMILES string of the molecule is NC(CC(=O)O)C(=O)O.[H-].[K+]. The smallest absolute Gasteiger partial charge is 1.00 e. The van der Waals surface area contributed by atoms with Crippen LogP contribution in [-0.4, -0.2) is 28.2 Å². The van der Waals surface area contributed by atoms with E-state index in [1.165, 1.54) is 0 Å². The van der Waals surface area contributed by atoms with Crippen molar-refractivity contribution in [2.45, 2.75) is 12.5 Å². The molecule has 0 aromatic heterocycles. The van der Waals surface area contributed by atoms with Crippen molar-refractivity contribution in [3.63, 3.8) is 0 Å². The minimum Gasteiger partial charge on any atom is -1.00 e. The maximum atomic E-state index is 9.85. The van der Waals surface area contributed by atoms with Gasteiger partial charge in [-0.3, -0.25) is 9.59 Å². The van der Waals surface area contributed by atoms with Gasteiger partial charge in [-0.05, 0) is 0 Å². The summed E-state index contributed by atoms with van der Waals surface area (Å²) in [5.41, 5.74) is 4.84. The summed E-state index contributed by atoms with van der Waals surface area (Å²) in [6.45, 7) is 0. The summed E-state index contributed by atoms with van der Waals surface area (Å²) >= 11 is 0. The normalized spacial score (nSPS) is 11.3. The fourth-order valence-corrected chi connectivity index (χ4v) is 0.275. The monoisotopic (exact) mass is 173 g/mol. The van der Waals surface area contributed by atoms with Crippen molar-refractivity contribution >= 4 is 11.9 Å². The Morgan fingerprint density at radius 1 is 1.50 bits per heavy atom. The summed E-state index contributed by atoms with van der Waals surface area (Å²) in [5.74, 6) is -2.50. The molecule has 5 nitrogen and oxygen atoms in total. The molecule has 0 bridgehead atoms. The topological polar surface area (TPSA) is 101 Å². The Morgan fingerprint density at radius 3 is 2.00 bits per heavy atom. The molecule has 4 N–H and O–H groups in total. The Balaban J connectivity index is -0.000000320. The van der Waals surface area contributed by atoms with Crippen molar-refractivity contribution in [1.29, 1.82) is 0 Å². The summed E-state index contributed by atoms with van der Waals surface area (Å²) in [4.78, 5) is 19.6. The minimum absolute atomic E-state index is 0. The van der Waals surface area contributed by atoms with E-state index in [0.717, 1.165) is 0 Å². The third kappa shape index (κ3) is 6.65. The molecule has 6 heteroatoms. The number of hydrogen-bond acceptors (Lipinski definition) is 3. The summed E-state index contributed by atoms with van der Waals surface area (Å²) in [6.07, 6.45) is -0.532. The molecular weight excluding hydrogens is 165 g/mol. The average Bonchev–Trinajstić information content (AvgIpc) is 1.63. The van der Waals surface area contributed by atoms with Gasteiger partial charge in [0, 0.05) is 0 Å². The first-order valence-corrected chi connectivity index (χ1v) is 2.24. The van der Waals surface area contributed by atoms with Gasteiger partial charge in [-0.25, -0.2) is 0 Å². The molecule has 0 aliphatic carbocycles. The second kappa shape index (κ2) is 6.26. The van der Waals surface area contributed by atoms with Crippen molar-refractivity contribution in [2.24, 2.45) is 5.73 Å². The summed E-state index contributed by atoms with van der Waals surface area (Å²) < 4.78 is 0. The van der Waals surface area contributed by atoms with E-state index in [1.54, 1.807) is 0 Å². The molecule has 0 spiro atoms. The first-order chi connectivity index (χ1) is 4.04. The van der Waals surface area contributed by atoms with Crippen LogP contribution in [0.25, 0.3) is 0 Å². The van der Waals surface area contributed by atoms with Gasteiger partial charge in [-0.15, -0.1) is 0 Å². The van der Waals surface area contributed by atoms with Crippen molar-refractivity contribution in [3.05, 3.63) is 0 Å². The average molecular weight is 173 g/mol. The van der Waals surface area contributed by atoms with Crippen LogP contribution in [0.15, 0.2) is 0 Å². The molecule has 0 amide bonds. The number of aliphatic carboxylic acids is 2. The Kier molecular flexibility index (Phi) is 8.23. The van der Waals surface area contributed by atoms with Gasteiger partial charge >= 0.3 is 63.3 Å². The molecule has 0 saturated heterocycles. The zero-order valence-corrected chi connectivity index (χ0v) is 8.70. The van der Waals surface area contributed by atoms with E-state index in [9.17, 15) is 9.59 Å². The first-order valence-electron chi connectivity index (χ1n) is 2.24. The van der Waals surface area contributed by atoms with E-state index in [2.05, 4.69) is 0 Å². The van der Waals surface area contributed by atoms with Crippen LogP contribution in [0, 0.1) is 0 Å². The molecule has 1 atom stereocenters. The summed E-state index contributed by atoms with van der Waals surface area (Å²) in [7, 11) is 0. The fraction of sp³-hybridized carbons (Fsp3) is 0.500. The van der Waals surface area contributed by atoms with Crippen LogP contribution in [0.1, 0.15) is 7.85 Å². The van der Waals surface area contributed by atoms with Gasteiger partial charge in [0.05, 0.1) is 6.42 Å². The van der Waals surface area contributed by atoms with Crippen LogP contribution in [0.2, 0.25) is 0 Å². The molecule has 0 aromatic rings. The van der Waals surface area contributed by atoms with E-state index >= 15 is 0 Å². The van der Waals surface area contributed by atoms with Gasteiger partial charge in [-0.1, -0.05) is 0 Å². The summed E-state index contributed by atoms with van der Waals surface area (Å²) in [5, 5.41) is 16.0. The van der Waals surface area contributed by atoms with Gasteiger partial charge < -0.3 is 17.4 Å². The molecule has 0 fully saturated rings. The third-order valence-electron chi connectivity index (χ3n) is 0.712. The minimum atomic E-state index is -1.29. The van der Waals surface area contributed by atoms with E-state index in [0.29, 0.717) is 0 Å². The molecule has 10 heavy (non-hydrogen) atoms. The van der Waals surface area contributed by atoms with Gasteiger partial charge in [0.15, 0.2) is 0 Å². The first kappa shape index (κ1) is 13.1. The molecule has 0 heterocycles. The predicted molar refractivity (Wildman–Crippen MR) is 29.0 cm³/mol. The van der Waals surface area contributed by atoms with Crippen LogP contribution < -0.4 is 57.1 Å². The second-order valence-electron chi connectivity index (χ2n) is 1.54. The Bertz CT molecular complexity index is 142. The van der Waals surface area contributed by atoms with Gasteiger partial charge in [-0.2, -0.15) is 0 Å². The molecule has 0 aromatic carbocycles. The van der Waals surface area contributed by atoms with Crippen LogP contribution in [0.5, 0.6) is 0 Å².